The normalized spacial score (nSPS) is 11.3. The molecule has 0 aliphatic rings. The molecule has 0 atom stereocenters. The first-order valence-electron chi connectivity index (χ1n) is 9.14. The lowest BCUT2D eigenvalue weighted by molar-refractivity contribution is -0.117. The summed E-state index contributed by atoms with van der Waals surface area (Å²) >= 11 is 3.17. The molecule has 2 N–H and O–H groups in total. The summed E-state index contributed by atoms with van der Waals surface area (Å²) < 4.78 is 5.29. The number of benzene rings is 1. The number of furan rings is 1. The van der Waals surface area contributed by atoms with Crippen molar-refractivity contribution in [3.63, 3.8) is 0 Å². The fourth-order valence-electron chi connectivity index (χ4n) is 2.59. The molecule has 0 bridgehead atoms. The van der Waals surface area contributed by atoms with Crippen LogP contribution in [0.1, 0.15) is 26.6 Å². The lowest BCUT2D eigenvalue weighted by Crippen LogP contribution is -2.36. The van der Waals surface area contributed by atoms with Crippen molar-refractivity contribution in [1.82, 2.24) is 10.6 Å². The number of hydrogen-bond acceptors (Lipinski definition) is 5. The molecule has 150 valence electrons. The second kappa shape index (κ2) is 10.7. The molecule has 0 unspecified atom stereocenters. The summed E-state index contributed by atoms with van der Waals surface area (Å²) in [6.45, 7) is 2.36. The van der Waals surface area contributed by atoms with Crippen LogP contribution in [0.3, 0.4) is 0 Å². The van der Waals surface area contributed by atoms with Crippen molar-refractivity contribution in [3.8, 4) is 0 Å². The average molecular weight is 427 g/mol. The van der Waals surface area contributed by atoms with Crippen LogP contribution < -0.4 is 10.6 Å². The second-order valence-electron chi connectivity index (χ2n) is 6.23. The molecule has 2 aromatic heterocycles. The summed E-state index contributed by atoms with van der Waals surface area (Å²) in [6.07, 6.45) is 3.35. The predicted molar refractivity (Wildman–Crippen MR) is 119 cm³/mol. The fraction of sp³-hybridized carbons (Fsp3) is 0.182. The number of rotatable bonds is 9. The highest BCUT2D eigenvalue weighted by Crippen LogP contribution is 2.14. The molecule has 0 radical (unpaired) electrons. The van der Waals surface area contributed by atoms with Gasteiger partial charge in [0.1, 0.15) is 11.5 Å². The maximum Gasteiger partial charge on any atom is 0.267 e. The largest absolute Gasteiger partial charge is 0.468 e. The van der Waals surface area contributed by atoms with Gasteiger partial charge in [0.15, 0.2) is 0 Å². The Labute approximate surface area is 178 Å². The van der Waals surface area contributed by atoms with Crippen molar-refractivity contribution in [2.45, 2.75) is 12.7 Å². The molecule has 1 aromatic carbocycles. The summed E-state index contributed by atoms with van der Waals surface area (Å²) in [5.74, 6) is 1.80. The van der Waals surface area contributed by atoms with E-state index in [4.69, 9.17) is 4.42 Å². The molecule has 0 saturated heterocycles. The van der Waals surface area contributed by atoms with Crippen molar-refractivity contribution in [2.75, 3.05) is 12.3 Å². The molecule has 3 aromatic rings. The highest BCUT2D eigenvalue weighted by Gasteiger charge is 2.15. The van der Waals surface area contributed by atoms with Crippen LogP contribution in [-0.4, -0.2) is 24.1 Å². The maximum atomic E-state index is 12.7. The van der Waals surface area contributed by atoms with E-state index >= 15 is 0 Å². The van der Waals surface area contributed by atoms with Crippen molar-refractivity contribution in [3.05, 3.63) is 87.6 Å². The van der Waals surface area contributed by atoms with Gasteiger partial charge in [0.2, 0.25) is 0 Å². The van der Waals surface area contributed by atoms with Gasteiger partial charge in [-0.25, -0.2) is 0 Å². The summed E-state index contributed by atoms with van der Waals surface area (Å²) in [6, 6.07) is 14.9. The molecule has 0 fully saturated rings. The highest BCUT2D eigenvalue weighted by atomic mass is 32.2. The van der Waals surface area contributed by atoms with Gasteiger partial charge in [0, 0.05) is 22.7 Å². The van der Waals surface area contributed by atoms with Crippen molar-refractivity contribution < 1.29 is 14.0 Å². The van der Waals surface area contributed by atoms with Crippen LogP contribution in [0.25, 0.3) is 6.08 Å². The summed E-state index contributed by atoms with van der Waals surface area (Å²) in [7, 11) is 0. The lowest BCUT2D eigenvalue weighted by atomic mass is 10.1. The van der Waals surface area contributed by atoms with Crippen molar-refractivity contribution in [1.29, 1.82) is 0 Å². The number of amides is 2. The zero-order chi connectivity index (χ0) is 20.5. The van der Waals surface area contributed by atoms with Gasteiger partial charge in [0.25, 0.3) is 11.8 Å². The number of aryl methyl sites for hydroxylation is 1. The molecule has 7 heteroatoms. The SMILES string of the molecule is Cc1ccccc1C(=O)N/C(=C\c1cccs1)C(=O)NCCSCc1ccco1. The third kappa shape index (κ3) is 6.37. The molecule has 0 spiro atoms. The van der Waals surface area contributed by atoms with Gasteiger partial charge in [-0.15, -0.1) is 11.3 Å². The fourth-order valence-corrected chi connectivity index (χ4v) is 4.00. The molecular formula is C22H22N2O3S2. The molecule has 0 aliphatic heterocycles. The Morgan fingerprint density at radius 2 is 2.00 bits per heavy atom. The summed E-state index contributed by atoms with van der Waals surface area (Å²) in [5, 5.41) is 7.57. The van der Waals surface area contributed by atoms with E-state index < -0.39 is 0 Å². The van der Waals surface area contributed by atoms with Crippen LogP contribution in [-0.2, 0) is 10.5 Å². The van der Waals surface area contributed by atoms with Gasteiger partial charge in [-0.1, -0.05) is 24.3 Å². The zero-order valence-corrected chi connectivity index (χ0v) is 17.6. The van der Waals surface area contributed by atoms with Crippen LogP contribution >= 0.6 is 23.1 Å². The Bertz CT molecular complexity index is 964. The van der Waals surface area contributed by atoms with Gasteiger partial charge < -0.3 is 15.1 Å². The molecule has 0 saturated carbocycles. The topological polar surface area (TPSA) is 71.3 Å². The predicted octanol–water partition coefficient (Wildman–Crippen LogP) is 4.47. The molecule has 3 rings (SSSR count). The van der Waals surface area contributed by atoms with E-state index in [1.807, 2.05) is 48.7 Å². The minimum absolute atomic E-state index is 0.233. The standard InChI is InChI=1S/C22H22N2O3S2/c1-16-6-2-3-9-19(16)21(25)24-20(14-18-8-5-12-29-18)22(26)23-10-13-28-15-17-7-4-11-27-17/h2-9,11-12,14H,10,13,15H2,1H3,(H,23,26)(H,24,25)/b20-14-. The third-order valence-corrected chi connectivity index (χ3v) is 5.87. The minimum atomic E-state index is -0.307. The van der Waals surface area contributed by atoms with Gasteiger partial charge in [0.05, 0.1) is 12.0 Å². The van der Waals surface area contributed by atoms with E-state index in [1.165, 1.54) is 11.3 Å². The van der Waals surface area contributed by atoms with Crippen molar-refractivity contribution >= 4 is 41.0 Å². The maximum absolute atomic E-state index is 12.7. The number of nitrogens with one attached hydrogen (secondary N) is 2. The van der Waals surface area contributed by atoms with Crippen molar-refractivity contribution in [2.24, 2.45) is 0 Å². The summed E-state index contributed by atoms with van der Waals surface area (Å²) in [5.41, 5.74) is 1.64. The van der Waals surface area contributed by atoms with Crippen LogP contribution in [0.5, 0.6) is 0 Å². The number of hydrogen-bond donors (Lipinski definition) is 2. The van der Waals surface area contributed by atoms with Crippen LogP contribution in [0, 0.1) is 6.92 Å². The van der Waals surface area contributed by atoms with E-state index in [2.05, 4.69) is 10.6 Å². The summed E-state index contributed by atoms with van der Waals surface area (Å²) in [4.78, 5) is 26.3. The quantitative estimate of drug-likeness (QED) is 0.391. The highest BCUT2D eigenvalue weighted by molar-refractivity contribution is 7.98. The third-order valence-electron chi connectivity index (χ3n) is 4.07. The smallest absolute Gasteiger partial charge is 0.267 e. The van der Waals surface area contributed by atoms with E-state index in [0.717, 1.165) is 27.7 Å². The molecule has 29 heavy (non-hydrogen) atoms. The zero-order valence-electron chi connectivity index (χ0n) is 16.0. The lowest BCUT2D eigenvalue weighted by Gasteiger charge is -2.12. The van der Waals surface area contributed by atoms with E-state index in [9.17, 15) is 9.59 Å². The molecule has 5 nitrogen and oxygen atoms in total. The van der Waals surface area contributed by atoms with E-state index in [1.54, 1.807) is 36.2 Å². The van der Waals surface area contributed by atoms with E-state index in [-0.39, 0.29) is 17.5 Å². The Hall–Kier alpha value is -2.77. The monoisotopic (exact) mass is 426 g/mol. The van der Waals surface area contributed by atoms with Crippen LogP contribution in [0.15, 0.2) is 70.3 Å². The molecule has 2 heterocycles. The first-order chi connectivity index (χ1) is 14.1. The Kier molecular flexibility index (Phi) is 7.72. The van der Waals surface area contributed by atoms with Crippen LogP contribution in [0.4, 0.5) is 0 Å². The molecule has 0 aliphatic carbocycles. The van der Waals surface area contributed by atoms with Gasteiger partial charge in [-0.05, 0) is 48.2 Å². The van der Waals surface area contributed by atoms with Crippen LogP contribution in [0.2, 0.25) is 0 Å². The number of thioether (sulfide) groups is 1. The van der Waals surface area contributed by atoms with E-state index in [0.29, 0.717) is 12.1 Å². The minimum Gasteiger partial charge on any atom is -0.468 e. The molecule has 2 amide bonds. The number of thiophene rings is 1. The first-order valence-corrected chi connectivity index (χ1v) is 11.2. The average Bonchev–Trinajstić information content (AvgIpc) is 3.41. The second-order valence-corrected chi connectivity index (χ2v) is 8.31. The van der Waals surface area contributed by atoms with Gasteiger partial charge in [-0.3, -0.25) is 9.59 Å². The van der Waals surface area contributed by atoms with Gasteiger partial charge >= 0.3 is 0 Å². The Balaban J connectivity index is 1.60. The Morgan fingerprint density at radius 1 is 1.14 bits per heavy atom. The van der Waals surface area contributed by atoms with Gasteiger partial charge in [-0.2, -0.15) is 11.8 Å². The number of carbonyl (C=O) groups excluding carboxylic acids is 2. The molecular weight excluding hydrogens is 404 g/mol. The number of carbonyl (C=O) groups is 2. The Morgan fingerprint density at radius 3 is 2.72 bits per heavy atom. The first kappa shape index (κ1) is 21.0.